The third-order valence-corrected chi connectivity index (χ3v) is 3.16. The Morgan fingerprint density at radius 2 is 1.85 bits per heavy atom. The van der Waals surface area contributed by atoms with E-state index < -0.39 is 12.1 Å². The molecule has 0 bridgehead atoms. The lowest BCUT2D eigenvalue weighted by Crippen LogP contribution is -2.30. The molecule has 0 spiro atoms. The summed E-state index contributed by atoms with van der Waals surface area (Å²) in [6.45, 7) is 0. The summed E-state index contributed by atoms with van der Waals surface area (Å²) in [6, 6.07) is 11.7. The smallest absolute Gasteiger partial charge is 0.337 e. The number of rotatable bonds is 5. The van der Waals surface area contributed by atoms with Crippen LogP contribution in [-0.2, 0) is 20.8 Å². The predicted molar refractivity (Wildman–Crippen MR) is 75.3 cm³/mol. The van der Waals surface area contributed by atoms with Gasteiger partial charge >= 0.3 is 5.97 Å². The Labute approximate surface area is 117 Å². The zero-order valence-corrected chi connectivity index (χ0v) is 11.5. The van der Waals surface area contributed by atoms with E-state index in [-0.39, 0.29) is 0 Å². The molecule has 5 heteroatoms. The van der Waals surface area contributed by atoms with Gasteiger partial charge in [-0.2, -0.15) is 0 Å². The maximum absolute atomic E-state index is 11.5. The van der Waals surface area contributed by atoms with Gasteiger partial charge in [-0.25, -0.2) is 10.7 Å². The summed E-state index contributed by atoms with van der Waals surface area (Å²) in [4.78, 5) is 16.1. The topological polar surface area (TPSA) is 70.8 Å². The average Bonchev–Trinajstić information content (AvgIpc) is 2.51. The summed E-state index contributed by atoms with van der Waals surface area (Å²) in [5, 5.41) is 2.13. The van der Waals surface area contributed by atoms with Crippen LogP contribution >= 0.6 is 0 Å². The normalized spacial score (nSPS) is 12.2. The number of hydrogen-bond donors (Lipinski definition) is 1. The van der Waals surface area contributed by atoms with Gasteiger partial charge in [0.2, 0.25) is 0 Å². The van der Waals surface area contributed by atoms with E-state index in [9.17, 15) is 4.79 Å². The first-order chi connectivity index (χ1) is 9.67. The van der Waals surface area contributed by atoms with Crippen LogP contribution in [0.2, 0.25) is 0 Å². The van der Waals surface area contributed by atoms with Gasteiger partial charge in [-0.05, 0) is 28.5 Å². The highest BCUT2D eigenvalue weighted by Crippen LogP contribution is 2.22. The highest BCUT2D eigenvalue weighted by atomic mass is 16.6. The number of fused-ring (bicyclic) bond motifs is 1. The van der Waals surface area contributed by atoms with Gasteiger partial charge in [0.25, 0.3) is 0 Å². The molecule has 0 aliphatic rings. The maximum atomic E-state index is 11.5. The van der Waals surface area contributed by atoms with Crippen molar-refractivity contribution in [3.63, 3.8) is 0 Å². The van der Waals surface area contributed by atoms with Gasteiger partial charge in [0.15, 0.2) is 6.10 Å². The van der Waals surface area contributed by atoms with Crippen molar-refractivity contribution in [2.75, 3.05) is 14.2 Å². The Balaban J connectivity index is 2.25. The molecule has 0 aliphatic heterocycles. The molecule has 2 N–H and O–H groups in total. The summed E-state index contributed by atoms with van der Waals surface area (Å²) in [5.74, 6) is 5.45. The lowest BCUT2D eigenvalue weighted by Gasteiger charge is -2.12. The van der Waals surface area contributed by atoms with E-state index in [0.29, 0.717) is 6.42 Å². The summed E-state index contributed by atoms with van der Waals surface area (Å²) in [7, 11) is 2.94. The number of carbonyl (C=O) groups is 1. The van der Waals surface area contributed by atoms with Crippen LogP contribution in [0.3, 0.4) is 0 Å². The molecule has 2 aromatic carbocycles. The van der Waals surface area contributed by atoms with E-state index >= 15 is 0 Å². The molecule has 0 heterocycles. The Hall–Kier alpha value is -2.11. The average molecular weight is 275 g/mol. The molecule has 0 radical (unpaired) electrons. The van der Waals surface area contributed by atoms with Gasteiger partial charge in [-0.3, -0.25) is 4.84 Å². The van der Waals surface area contributed by atoms with Gasteiger partial charge < -0.3 is 9.47 Å². The summed E-state index contributed by atoms with van der Waals surface area (Å²) in [6.07, 6.45) is -0.429. The van der Waals surface area contributed by atoms with Crippen LogP contribution in [0.4, 0.5) is 0 Å². The van der Waals surface area contributed by atoms with E-state index in [2.05, 4.69) is 9.57 Å². The lowest BCUT2D eigenvalue weighted by atomic mass is 10.0. The third kappa shape index (κ3) is 3.07. The van der Waals surface area contributed by atoms with Crippen molar-refractivity contribution in [2.24, 2.45) is 5.90 Å². The Morgan fingerprint density at radius 3 is 2.50 bits per heavy atom. The highest BCUT2D eigenvalue weighted by Gasteiger charge is 2.19. The number of ether oxygens (including phenoxy) is 2. The standard InChI is InChI=1S/C15H17NO4/c1-18-13-6-5-11-7-10(3-4-12(11)9-13)8-14(20-16)15(17)19-2/h3-7,9,14H,8,16H2,1-2H3. The number of methoxy groups -OCH3 is 2. The Bertz CT molecular complexity index is 612. The van der Waals surface area contributed by atoms with Gasteiger partial charge in [-0.15, -0.1) is 0 Å². The zero-order valence-electron chi connectivity index (χ0n) is 11.5. The van der Waals surface area contributed by atoms with E-state index in [1.165, 1.54) is 7.11 Å². The number of hydrogen-bond acceptors (Lipinski definition) is 5. The minimum absolute atomic E-state index is 0.366. The predicted octanol–water partition coefficient (Wildman–Crippen LogP) is 1.82. The quantitative estimate of drug-likeness (QED) is 0.665. The second kappa shape index (κ2) is 6.36. The van der Waals surface area contributed by atoms with Crippen molar-refractivity contribution >= 4 is 16.7 Å². The monoisotopic (exact) mass is 275 g/mol. The molecular weight excluding hydrogens is 258 g/mol. The van der Waals surface area contributed by atoms with Gasteiger partial charge in [-0.1, -0.05) is 24.3 Å². The minimum Gasteiger partial charge on any atom is -0.497 e. The second-order valence-corrected chi connectivity index (χ2v) is 4.40. The van der Waals surface area contributed by atoms with Crippen LogP contribution in [0.5, 0.6) is 5.75 Å². The molecule has 5 nitrogen and oxygen atoms in total. The first-order valence-electron chi connectivity index (χ1n) is 6.18. The fourth-order valence-corrected chi connectivity index (χ4v) is 2.06. The fraction of sp³-hybridized carbons (Fsp3) is 0.267. The van der Waals surface area contributed by atoms with Crippen LogP contribution in [0, 0.1) is 0 Å². The largest absolute Gasteiger partial charge is 0.497 e. The van der Waals surface area contributed by atoms with Crippen LogP contribution in [-0.4, -0.2) is 26.3 Å². The molecule has 2 rings (SSSR count). The van der Waals surface area contributed by atoms with Crippen molar-refractivity contribution in [1.82, 2.24) is 0 Å². The third-order valence-electron chi connectivity index (χ3n) is 3.16. The molecule has 0 aliphatic carbocycles. The SMILES string of the molecule is COC(=O)C(Cc1ccc2cc(OC)ccc2c1)ON. The molecule has 1 unspecified atom stereocenters. The van der Waals surface area contributed by atoms with E-state index in [0.717, 1.165) is 22.1 Å². The number of carbonyl (C=O) groups excluding carboxylic acids is 1. The van der Waals surface area contributed by atoms with Crippen LogP contribution in [0.25, 0.3) is 10.8 Å². The van der Waals surface area contributed by atoms with Crippen molar-refractivity contribution < 1.29 is 19.1 Å². The molecule has 0 aromatic heterocycles. The second-order valence-electron chi connectivity index (χ2n) is 4.40. The first-order valence-corrected chi connectivity index (χ1v) is 6.18. The summed E-state index contributed by atoms with van der Waals surface area (Å²) < 4.78 is 9.82. The highest BCUT2D eigenvalue weighted by molar-refractivity contribution is 5.84. The summed E-state index contributed by atoms with van der Waals surface area (Å²) in [5.41, 5.74) is 0.948. The van der Waals surface area contributed by atoms with Crippen LogP contribution in [0.1, 0.15) is 5.56 Å². The van der Waals surface area contributed by atoms with Crippen molar-refractivity contribution in [3.8, 4) is 5.75 Å². The van der Waals surface area contributed by atoms with Crippen LogP contribution in [0.15, 0.2) is 36.4 Å². The van der Waals surface area contributed by atoms with Gasteiger partial charge in [0, 0.05) is 6.42 Å². The molecule has 2 aromatic rings. The molecule has 0 fully saturated rings. The van der Waals surface area contributed by atoms with E-state index in [4.69, 9.17) is 10.6 Å². The molecule has 1 atom stereocenters. The van der Waals surface area contributed by atoms with Crippen molar-refractivity contribution in [3.05, 3.63) is 42.0 Å². The maximum Gasteiger partial charge on any atom is 0.337 e. The number of nitrogens with two attached hydrogens (primary N) is 1. The van der Waals surface area contributed by atoms with Crippen molar-refractivity contribution in [2.45, 2.75) is 12.5 Å². The Morgan fingerprint density at radius 1 is 1.15 bits per heavy atom. The van der Waals surface area contributed by atoms with Crippen molar-refractivity contribution in [1.29, 1.82) is 0 Å². The molecule has 106 valence electrons. The fourth-order valence-electron chi connectivity index (χ4n) is 2.06. The number of benzene rings is 2. The molecular formula is C15H17NO4. The van der Waals surface area contributed by atoms with E-state index in [1.54, 1.807) is 7.11 Å². The zero-order chi connectivity index (χ0) is 14.5. The molecule has 0 saturated carbocycles. The minimum atomic E-state index is -0.796. The molecule has 0 saturated heterocycles. The molecule has 20 heavy (non-hydrogen) atoms. The molecule has 0 amide bonds. The van der Waals surface area contributed by atoms with Gasteiger partial charge in [0.05, 0.1) is 14.2 Å². The van der Waals surface area contributed by atoms with Gasteiger partial charge in [0.1, 0.15) is 5.75 Å². The number of esters is 1. The van der Waals surface area contributed by atoms with E-state index in [1.807, 2.05) is 36.4 Å². The summed E-state index contributed by atoms with van der Waals surface area (Å²) >= 11 is 0. The first kappa shape index (κ1) is 14.3. The van der Waals surface area contributed by atoms with Crippen LogP contribution < -0.4 is 10.6 Å². The Kier molecular flexibility index (Phi) is 4.55. The lowest BCUT2D eigenvalue weighted by molar-refractivity contribution is -0.154.